The molecular weight excluding hydrogens is 517 g/mol. The van der Waals surface area contributed by atoms with E-state index in [0.29, 0.717) is 13.0 Å². The summed E-state index contributed by atoms with van der Waals surface area (Å²) in [5.41, 5.74) is 1.15. The normalized spacial score (nSPS) is 13.2. The molecule has 0 aliphatic carbocycles. The third-order valence-electron chi connectivity index (χ3n) is 6.04. The smallest absolute Gasteiger partial charge is 0.409 e. The third kappa shape index (κ3) is 7.50. The minimum Gasteiger partial charge on any atom is -0.468 e. The maximum absolute atomic E-state index is 12.7. The fraction of sp³-hybridized carbons (Fsp3) is 0.462. The number of hydrogen-bond donors (Lipinski definition) is 0. The van der Waals surface area contributed by atoms with Crippen molar-refractivity contribution in [3.63, 3.8) is 0 Å². The van der Waals surface area contributed by atoms with Crippen LogP contribution < -0.4 is 0 Å². The van der Waals surface area contributed by atoms with Gasteiger partial charge in [0.15, 0.2) is 0 Å². The number of nitrogens with zero attached hydrogens (tertiary/aromatic N) is 1. The van der Waals surface area contributed by atoms with Gasteiger partial charge in [-0.2, -0.15) is 0 Å². The van der Waals surface area contributed by atoms with Crippen molar-refractivity contribution < 1.29 is 19.1 Å². The van der Waals surface area contributed by atoms with Gasteiger partial charge < -0.3 is 14.4 Å². The first kappa shape index (κ1) is 26.2. The SMILES string of the molecule is COC(=O)C(C)(CCC(C)(C)CCN(C)C(=O)OCc1ccccc1)c1cccc(I)c1. The Morgan fingerprint density at radius 1 is 0.969 bits per heavy atom. The Bertz CT molecular complexity index is 900. The molecule has 0 N–H and O–H groups in total. The van der Waals surface area contributed by atoms with Crippen molar-refractivity contribution >= 4 is 34.7 Å². The van der Waals surface area contributed by atoms with E-state index in [1.807, 2.05) is 61.5 Å². The molecule has 0 saturated carbocycles. The highest BCUT2D eigenvalue weighted by Crippen LogP contribution is 2.37. The van der Waals surface area contributed by atoms with E-state index in [1.54, 1.807) is 11.9 Å². The summed E-state index contributed by atoms with van der Waals surface area (Å²) >= 11 is 2.26. The van der Waals surface area contributed by atoms with Gasteiger partial charge >= 0.3 is 12.1 Å². The lowest BCUT2D eigenvalue weighted by Gasteiger charge is -2.33. The molecule has 0 spiro atoms. The largest absolute Gasteiger partial charge is 0.468 e. The number of benzene rings is 2. The molecule has 1 amide bonds. The Kier molecular flexibility index (Phi) is 9.55. The first-order valence-electron chi connectivity index (χ1n) is 10.8. The summed E-state index contributed by atoms with van der Waals surface area (Å²) in [4.78, 5) is 26.7. The minimum absolute atomic E-state index is 0.0643. The third-order valence-corrected chi connectivity index (χ3v) is 6.71. The summed E-state index contributed by atoms with van der Waals surface area (Å²) in [7, 11) is 3.20. The van der Waals surface area contributed by atoms with Crippen LogP contribution in [0.4, 0.5) is 4.79 Å². The molecule has 2 rings (SSSR count). The number of esters is 1. The van der Waals surface area contributed by atoms with Crippen LogP contribution in [0.15, 0.2) is 54.6 Å². The zero-order chi connectivity index (χ0) is 23.8. The number of rotatable bonds is 10. The molecule has 0 aliphatic heterocycles. The van der Waals surface area contributed by atoms with Gasteiger partial charge in [-0.25, -0.2) is 4.79 Å². The molecule has 0 bridgehead atoms. The van der Waals surface area contributed by atoms with Gasteiger partial charge in [0, 0.05) is 17.2 Å². The quantitative estimate of drug-likeness (QED) is 0.261. The van der Waals surface area contributed by atoms with Gasteiger partial charge in [0.05, 0.1) is 12.5 Å². The average Bonchev–Trinajstić information content (AvgIpc) is 2.79. The van der Waals surface area contributed by atoms with Crippen molar-refractivity contribution in [2.45, 2.75) is 52.1 Å². The maximum Gasteiger partial charge on any atom is 0.409 e. The second kappa shape index (κ2) is 11.7. The highest BCUT2D eigenvalue weighted by molar-refractivity contribution is 14.1. The molecule has 1 unspecified atom stereocenters. The van der Waals surface area contributed by atoms with Crippen molar-refractivity contribution in [2.24, 2.45) is 5.41 Å². The van der Waals surface area contributed by atoms with E-state index < -0.39 is 5.41 Å². The Morgan fingerprint density at radius 2 is 1.66 bits per heavy atom. The van der Waals surface area contributed by atoms with Crippen LogP contribution in [-0.2, 0) is 26.3 Å². The van der Waals surface area contributed by atoms with Crippen LogP contribution >= 0.6 is 22.6 Å². The number of hydrogen-bond acceptors (Lipinski definition) is 4. The molecule has 0 saturated heterocycles. The van der Waals surface area contributed by atoms with Gasteiger partial charge in [-0.1, -0.05) is 56.3 Å². The second-order valence-corrected chi connectivity index (χ2v) is 10.5. The Hall–Kier alpha value is -2.09. The first-order chi connectivity index (χ1) is 15.1. The second-order valence-electron chi connectivity index (χ2n) is 9.21. The van der Waals surface area contributed by atoms with Gasteiger partial charge in [0.1, 0.15) is 6.61 Å². The molecule has 6 heteroatoms. The van der Waals surface area contributed by atoms with E-state index in [-0.39, 0.29) is 24.1 Å². The molecule has 0 fully saturated rings. The molecule has 0 radical (unpaired) electrons. The predicted octanol–water partition coefficient (Wildman–Crippen LogP) is 6.19. The average molecular weight is 551 g/mol. The van der Waals surface area contributed by atoms with Gasteiger partial charge in [0.25, 0.3) is 0 Å². The molecular formula is C26H34INO4. The lowest BCUT2D eigenvalue weighted by atomic mass is 9.73. The van der Waals surface area contributed by atoms with Gasteiger partial charge in [-0.05, 0) is 77.5 Å². The first-order valence-corrected chi connectivity index (χ1v) is 11.9. The number of methoxy groups -OCH3 is 1. The summed E-state index contributed by atoms with van der Waals surface area (Å²) in [5, 5.41) is 0. The number of halogens is 1. The number of ether oxygens (including phenoxy) is 2. The Morgan fingerprint density at radius 3 is 2.28 bits per heavy atom. The molecule has 174 valence electrons. The van der Waals surface area contributed by atoms with E-state index in [1.165, 1.54) is 7.11 Å². The number of amides is 1. The van der Waals surface area contributed by atoms with Crippen LogP contribution in [0.5, 0.6) is 0 Å². The molecule has 5 nitrogen and oxygen atoms in total. The van der Waals surface area contributed by atoms with Crippen molar-refractivity contribution in [3.8, 4) is 0 Å². The summed E-state index contributed by atoms with van der Waals surface area (Å²) in [6.07, 6.45) is 1.95. The van der Waals surface area contributed by atoms with Crippen LogP contribution in [0.3, 0.4) is 0 Å². The molecule has 0 heterocycles. The molecule has 1 atom stereocenters. The summed E-state index contributed by atoms with van der Waals surface area (Å²) in [5.74, 6) is -0.225. The predicted molar refractivity (Wildman–Crippen MR) is 135 cm³/mol. The van der Waals surface area contributed by atoms with Crippen molar-refractivity contribution in [1.29, 1.82) is 0 Å². The minimum atomic E-state index is -0.715. The molecule has 32 heavy (non-hydrogen) atoms. The standard InChI is InChI=1S/C26H34INO4/c1-25(2,16-17-28(4)24(30)32-19-20-10-7-6-8-11-20)14-15-26(3,23(29)31-5)21-12-9-13-22(27)18-21/h6-13,18H,14-17,19H2,1-5H3. The summed E-state index contributed by atoms with van der Waals surface area (Å²) in [6, 6.07) is 17.7. The van der Waals surface area contributed by atoms with E-state index in [2.05, 4.69) is 36.4 Å². The fourth-order valence-corrected chi connectivity index (χ4v) is 4.07. The Labute approximate surface area is 205 Å². The zero-order valence-corrected chi connectivity index (χ0v) is 21.8. The van der Waals surface area contributed by atoms with E-state index in [9.17, 15) is 9.59 Å². The summed E-state index contributed by atoms with van der Waals surface area (Å²) in [6.45, 7) is 7.14. The highest BCUT2D eigenvalue weighted by atomic mass is 127. The van der Waals surface area contributed by atoms with Crippen LogP contribution in [0.1, 0.15) is 51.2 Å². The van der Waals surface area contributed by atoms with Crippen LogP contribution in [-0.4, -0.2) is 37.7 Å². The van der Waals surface area contributed by atoms with Crippen molar-refractivity contribution in [1.82, 2.24) is 4.90 Å². The monoisotopic (exact) mass is 551 g/mol. The lowest BCUT2D eigenvalue weighted by molar-refractivity contribution is -0.147. The molecule has 0 aliphatic rings. The van der Waals surface area contributed by atoms with Gasteiger partial charge in [-0.15, -0.1) is 0 Å². The van der Waals surface area contributed by atoms with E-state index >= 15 is 0 Å². The van der Waals surface area contributed by atoms with Crippen LogP contribution in [0, 0.1) is 8.99 Å². The summed E-state index contributed by atoms with van der Waals surface area (Å²) < 4.78 is 11.7. The Balaban J connectivity index is 1.93. The van der Waals surface area contributed by atoms with Crippen LogP contribution in [0.2, 0.25) is 0 Å². The topological polar surface area (TPSA) is 55.8 Å². The van der Waals surface area contributed by atoms with E-state index in [4.69, 9.17) is 9.47 Å². The van der Waals surface area contributed by atoms with Gasteiger partial charge in [-0.3, -0.25) is 4.79 Å². The van der Waals surface area contributed by atoms with Crippen molar-refractivity contribution in [3.05, 3.63) is 69.3 Å². The molecule has 2 aromatic carbocycles. The fourth-order valence-electron chi connectivity index (χ4n) is 3.53. The maximum atomic E-state index is 12.7. The lowest BCUT2D eigenvalue weighted by Crippen LogP contribution is -2.36. The van der Waals surface area contributed by atoms with Gasteiger partial charge in [0.2, 0.25) is 0 Å². The number of carbonyl (C=O) groups excluding carboxylic acids is 2. The number of carbonyl (C=O) groups is 2. The van der Waals surface area contributed by atoms with E-state index in [0.717, 1.165) is 27.5 Å². The highest BCUT2D eigenvalue weighted by Gasteiger charge is 2.38. The molecule has 0 aromatic heterocycles. The molecule has 2 aromatic rings. The van der Waals surface area contributed by atoms with Crippen LogP contribution in [0.25, 0.3) is 0 Å². The van der Waals surface area contributed by atoms with Crippen molar-refractivity contribution in [2.75, 3.05) is 20.7 Å². The zero-order valence-electron chi connectivity index (χ0n) is 19.7.